The molecule has 0 rings (SSSR count). The van der Waals surface area contributed by atoms with Crippen LogP contribution in [0.1, 0.15) is 13.8 Å². The van der Waals surface area contributed by atoms with Crippen molar-refractivity contribution in [2.75, 3.05) is 0 Å². The lowest BCUT2D eigenvalue weighted by molar-refractivity contribution is 0.522. The molecule has 29 heavy (non-hydrogen) atoms. The molecule has 176 valence electrons. The van der Waals surface area contributed by atoms with Crippen LogP contribution in [0, 0.1) is 0 Å². The Bertz CT molecular complexity index is 478. The molecule has 1 nitrogen and oxygen atoms in total. The van der Waals surface area contributed by atoms with Crippen LogP contribution in [0.2, 0.25) is 126 Å². The molecule has 0 spiro atoms. The van der Waals surface area contributed by atoms with Gasteiger partial charge in [0.2, 0.25) is 0 Å². The van der Waals surface area contributed by atoms with Crippen LogP contribution >= 0.6 is 0 Å². The van der Waals surface area contributed by atoms with E-state index in [0.29, 0.717) is 9.32 Å². The molecule has 0 heterocycles. The molecule has 0 bridgehead atoms. The number of rotatable bonds is 10. The van der Waals surface area contributed by atoms with E-state index in [1.165, 1.54) is 12.1 Å². The maximum atomic E-state index is 7.36. The van der Waals surface area contributed by atoms with E-state index in [4.69, 9.17) is 4.12 Å². The van der Waals surface area contributed by atoms with Gasteiger partial charge in [-0.25, -0.2) is 0 Å². The van der Waals surface area contributed by atoms with Crippen LogP contribution in [0.25, 0.3) is 0 Å². The summed E-state index contributed by atoms with van der Waals surface area (Å²) in [5, 5.41) is 0. The Kier molecular flexibility index (Phi) is 8.93. The quantitative estimate of drug-likeness (QED) is 0.268. The summed E-state index contributed by atoms with van der Waals surface area (Å²) in [6, 6.07) is 2.72. The van der Waals surface area contributed by atoms with Gasteiger partial charge >= 0.3 is 0 Å². The van der Waals surface area contributed by atoms with Crippen LogP contribution in [0.5, 0.6) is 0 Å². The van der Waals surface area contributed by atoms with E-state index >= 15 is 0 Å². The van der Waals surface area contributed by atoms with Gasteiger partial charge in [-0.3, -0.25) is 0 Å². The van der Waals surface area contributed by atoms with Gasteiger partial charge in [-0.15, -0.1) is 0 Å². The molecule has 0 aromatic rings. The summed E-state index contributed by atoms with van der Waals surface area (Å²) in [4.78, 5) is 0. The second-order valence-corrected chi connectivity index (χ2v) is 47.6. The Balaban J connectivity index is 5.93. The fraction of sp³-hybridized carbons (Fsp3) is 1.00. The first-order valence-corrected chi connectivity index (χ1v) is 32.1. The largest absolute Gasteiger partial charge is 0.456 e. The maximum absolute atomic E-state index is 7.36. The van der Waals surface area contributed by atoms with Crippen molar-refractivity contribution in [1.82, 2.24) is 0 Å². The molecule has 0 radical (unpaired) electrons. The van der Waals surface area contributed by atoms with Crippen molar-refractivity contribution in [1.29, 1.82) is 0 Å². The minimum atomic E-state index is -1.75. The van der Waals surface area contributed by atoms with E-state index in [9.17, 15) is 0 Å². The summed E-state index contributed by atoms with van der Waals surface area (Å²) in [6.07, 6.45) is 0. The van der Waals surface area contributed by atoms with E-state index in [1.54, 1.807) is 0 Å². The third-order valence-electron chi connectivity index (χ3n) is 8.73. The van der Waals surface area contributed by atoms with Crippen molar-refractivity contribution in [3.05, 3.63) is 0 Å². The van der Waals surface area contributed by atoms with Crippen molar-refractivity contribution in [2.24, 2.45) is 0 Å². The molecule has 0 N–H and O–H groups in total. The molecule has 0 saturated heterocycles. The molecular formula is C22H58OSi6. The summed E-state index contributed by atoms with van der Waals surface area (Å²) in [5.74, 6) is 0. The lowest BCUT2D eigenvalue weighted by Crippen LogP contribution is -2.60. The zero-order valence-corrected chi connectivity index (χ0v) is 29.8. The minimum absolute atomic E-state index is 0.529. The zero-order valence-electron chi connectivity index (χ0n) is 23.8. The van der Waals surface area contributed by atoms with E-state index in [-0.39, 0.29) is 0 Å². The van der Waals surface area contributed by atoms with Crippen LogP contribution < -0.4 is 0 Å². The average Bonchev–Trinajstić information content (AvgIpc) is 2.29. The smallest absolute Gasteiger partial charge is 0.173 e. The standard InChI is InChI=1S/C22H58OSi6/c1-21(24(3,4)5,25(6,7)8)19-28(15,16)23-29(17,18)20-22(2,26(9,10)11)27(12,13)14/h19-20H2,1-18H3. The van der Waals surface area contributed by atoms with Gasteiger partial charge in [0.05, 0.1) is 0 Å². The fourth-order valence-electron chi connectivity index (χ4n) is 5.83. The molecule has 0 fully saturated rings. The average molecular weight is 507 g/mol. The third-order valence-corrected chi connectivity index (χ3v) is 40.6. The summed E-state index contributed by atoms with van der Waals surface area (Å²) in [7, 11) is -8.67. The molecule has 0 saturated carbocycles. The van der Waals surface area contributed by atoms with Crippen molar-refractivity contribution >= 4 is 48.9 Å². The van der Waals surface area contributed by atoms with Crippen LogP contribution in [-0.4, -0.2) is 48.9 Å². The minimum Gasteiger partial charge on any atom is -0.456 e. The summed E-state index contributed by atoms with van der Waals surface area (Å²) in [5.41, 5.74) is 0. The van der Waals surface area contributed by atoms with E-state index < -0.39 is 48.9 Å². The second-order valence-electron chi connectivity index (χ2n) is 15.6. The van der Waals surface area contributed by atoms with Gasteiger partial charge in [0.1, 0.15) is 0 Å². The Hall–Kier alpha value is 1.26. The predicted molar refractivity (Wildman–Crippen MR) is 156 cm³/mol. The molecular weight excluding hydrogens is 449 g/mol. The molecule has 0 atom stereocenters. The van der Waals surface area contributed by atoms with Gasteiger partial charge in [-0.2, -0.15) is 0 Å². The Morgan fingerprint density at radius 3 is 0.724 bits per heavy atom. The summed E-state index contributed by atoms with van der Waals surface area (Å²) < 4.78 is 8.42. The van der Waals surface area contributed by atoms with Gasteiger partial charge in [-0.1, -0.05) is 92.4 Å². The zero-order chi connectivity index (χ0) is 24.1. The van der Waals surface area contributed by atoms with Crippen molar-refractivity contribution in [3.63, 3.8) is 0 Å². The third kappa shape index (κ3) is 7.12. The van der Waals surface area contributed by atoms with Gasteiger partial charge in [0.25, 0.3) is 0 Å². The number of hydrogen-bond acceptors (Lipinski definition) is 1. The first-order valence-electron chi connectivity index (χ1n) is 11.8. The first kappa shape index (κ1) is 30.3. The van der Waals surface area contributed by atoms with E-state index in [0.717, 1.165) is 0 Å². The normalized spacial score (nSPS) is 16.3. The Morgan fingerprint density at radius 1 is 0.414 bits per heavy atom. The van der Waals surface area contributed by atoms with Crippen LogP contribution in [-0.2, 0) is 4.12 Å². The maximum Gasteiger partial charge on any atom is 0.173 e. The van der Waals surface area contributed by atoms with Gasteiger partial charge < -0.3 is 4.12 Å². The molecule has 0 aromatic heterocycles. The molecule has 0 aliphatic carbocycles. The van der Waals surface area contributed by atoms with Crippen LogP contribution in [0.3, 0.4) is 0 Å². The summed E-state index contributed by atoms with van der Waals surface area (Å²) >= 11 is 0. The highest BCUT2D eigenvalue weighted by atomic mass is 28.4. The molecule has 0 aromatic carbocycles. The lowest BCUT2D eigenvalue weighted by Gasteiger charge is -2.55. The highest BCUT2D eigenvalue weighted by molar-refractivity contribution is 7.02. The molecule has 7 heteroatoms. The Labute approximate surface area is 192 Å². The topological polar surface area (TPSA) is 9.23 Å². The molecule has 0 aliphatic rings. The predicted octanol–water partition coefficient (Wildman–Crippen LogP) is 9.37. The van der Waals surface area contributed by atoms with Gasteiger partial charge in [0, 0.05) is 32.3 Å². The van der Waals surface area contributed by atoms with Gasteiger partial charge in [0.15, 0.2) is 16.6 Å². The summed E-state index contributed by atoms with van der Waals surface area (Å²) in [6.45, 7) is 46.7. The highest BCUT2D eigenvalue weighted by Crippen LogP contribution is 2.55. The molecule has 0 unspecified atom stereocenters. The van der Waals surface area contributed by atoms with Crippen LogP contribution in [0.15, 0.2) is 0 Å². The highest BCUT2D eigenvalue weighted by Gasteiger charge is 2.55. The fourth-order valence-corrected chi connectivity index (χ4v) is 47.4. The molecule has 0 aliphatic heterocycles. The van der Waals surface area contributed by atoms with Crippen molar-refractivity contribution in [2.45, 2.75) is 140 Å². The second kappa shape index (κ2) is 8.56. The van der Waals surface area contributed by atoms with E-state index in [1.807, 2.05) is 0 Å². The van der Waals surface area contributed by atoms with Crippen LogP contribution in [0.4, 0.5) is 0 Å². The SMILES string of the molecule is CC(C[Si](C)(C)O[Si](C)(C)CC(C)([Si](C)(C)C)[Si](C)(C)C)([Si](C)(C)C)[Si](C)(C)C. The monoisotopic (exact) mass is 506 g/mol. The van der Waals surface area contributed by atoms with E-state index in [2.05, 4.69) is 119 Å². The Morgan fingerprint density at radius 2 is 0.586 bits per heavy atom. The number of hydrogen-bond donors (Lipinski definition) is 0. The first-order chi connectivity index (χ1) is 12.1. The molecule has 0 amide bonds. The van der Waals surface area contributed by atoms with Crippen molar-refractivity contribution < 1.29 is 4.12 Å². The lowest BCUT2D eigenvalue weighted by atomic mass is 10.5. The van der Waals surface area contributed by atoms with Crippen molar-refractivity contribution in [3.8, 4) is 0 Å². The van der Waals surface area contributed by atoms with Gasteiger partial charge in [-0.05, 0) is 47.6 Å².